The lowest BCUT2D eigenvalue weighted by atomic mass is 9.33. The van der Waals surface area contributed by atoms with E-state index in [-0.39, 0.29) is 45.2 Å². The van der Waals surface area contributed by atoms with Gasteiger partial charge in [0.15, 0.2) is 0 Å². The highest BCUT2D eigenvalue weighted by molar-refractivity contribution is 6.00. The Balaban J connectivity index is 1.15. The van der Waals surface area contributed by atoms with Crippen LogP contribution in [0.1, 0.15) is 113 Å². The SMILES string of the molecule is CC1(C)CC[C@]2(C(=O)O)CC[C@]3(C)C(=CC[C@@H]4[C@@]5(C)CC[C@H](OC(=O)Nc6cccc7ccccc67)C(C)(C)[C@@H]5CC[C@]43C)[C@@H]2C1. The first-order chi connectivity index (χ1) is 21.6. The van der Waals surface area contributed by atoms with Gasteiger partial charge in [-0.15, -0.1) is 0 Å². The molecule has 0 aromatic heterocycles. The van der Waals surface area contributed by atoms with Gasteiger partial charge in [0.05, 0.1) is 11.1 Å². The van der Waals surface area contributed by atoms with Gasteiger partial charge in [-0.05, 0) is 115 Å². The Morgan fingerprint density at radius 3 is 2.30 bits per heavy atom. The summed E-state index contributed by atoms with van der Waals surface area (Å²) in [5, 5.41) is 15.8. The molecule has 5 aliphatic rings. The molecule has 0 saturated heterocycles. The molecular weight excluding hydrogens is 570 g/mol. The molecular formula is C41H55NO4. The van der Waals surface area contributed by atoms with Crippen molar-refractivity contribution in [1.82, 2.24) is 0 Å². The van der Waals surface area contributed by atoms with E-state index in [1.807, 2.05) is 30.3 Å². The number of hydrogen-bond acceptors (Lipinski definition) is 3. The molecule has 5 nitrogen and oxygen atoms in total. The highest BCUT2D eigenvalue weighted by atomic mass is 16.6. The molecule has 0 spiro atoms. The number of nitrogens with one attached hydrogen (secondary N) is 1. The fraction of sp³-hybridized carbons (Fsp3) is 0.659. The molecule has 0 heterocycles. The van der Waals surface area contributed by atoms with Crippen molar-refractivity contribution < 1.29 is 19.4 Å². The van der Waals surface area contributed by atoms with E-state index >= 15 is 0 Å². The Morgan fingerprint density at radius 2 is 1.54 bits per heavy atom. The number of aliphatic carboxylic acids is 1. The number of rotatable bonds is 3. The molecule has 0 bridgehead atoms. The molecule has 4 fully saturated rings. The van der Waals surface area contributed by atoms with E-state index in [0.717, 1.165) is 80.7 Å². The van der Waals surface area contributed by atoms with Gasteiger partial charge < -0.3 is 9.84 Å². The van der Waals surface area contributed by atoms with Gasteiger partial charge in [-0.25, -0.2) is 4.79 Å². The molecule has 46 heavy (non-hydrogen) atoms. The van der Waals surface area contributed by atoms with Crippen molar-refractivity contribution in [3.63, 3.8) is 0 Å². The molecule has 8 atom stereocenters. The van der Waals surface area contributed by atoms with Crippen molar-refractivity contribution in [3.8, 4) is 0 Å². The summed E-state index contributed by atoms with van der Waals surface area (Å²) in [5.41, 5.74) is 1.93. The average molecular weight is 626 g/mol. The van der Waals surface area contributed by atoms with Crippen LogP contribution in [0.2, 0.25) is 0 Å². The summed E-state index contributed by atoms with van der Waals surface area (Å²) in [6, 6.07) is 14.1. The molecule has 2 aromatic carbocycles. The summed E-state index contributed by atoms with van der Waals surface area (Å²) < 4.78 is 6.31. The molecule has 0 aliphatic heterocycles. The smallest absolute Gasteiger partial charge is 0.411 e. The van der Waals surface area contributed by atoms with Crippen LogP contribution in [0.25, 0.3) is 10.8 Å². The van der Waals surface area contributed by atoms with Crippen molar-refractivity contribution in [2.24, 2.45) is 50.2 Å². The summed E-state index contributed by atoms with van der Waals surface area (Å²) >= 11 is 0. The van der Waals surface area contributed by atoms with Crippen LogP contribution >= 0.6 is 0 Å². The van der Waals surface area contributed by atoms with Crippen molar-refractivity contribution in [2.45, 2.75) is 119 Å². The van der Waals surface area contributed by atoms with Crippen molar-refractivity contribution >= 4 is 28.5 Å². The van der Waals surface area contributed by atoms with Gasteiger partial charge in [-0.1, -0.05) is 96.5 Å². The lowest BCUT2D eigenvalue weighted by molar-refractivity contribution is -0.205. The Morgan fingerprint density at radius 1 is 0.826 bits per heavy atom. The van der Waals surface area contributed by atoms with E-state index < -0.39 is 11.4 Å². The topological polar surface area (TPSA) is 75.6 Å². The molecule has 248 valence electrons. The Bertz CT molecular complexity index is 1600. The highest BCUT2D eigenvalue weighted by Gasteiger charge is 2.69. The Hall–Kier alpha value is -2.82. The summed E-state index contributed by atoms with van der Waals surface area (Å²) in [5.74, 6) is 0.530. The van der Waals surface area contributed by atoms with Gasteiger partial charge >= 0.3 is 12.1 Å². The fourth-order valence-electron chi connectivity index (χ4n) is 12.4. The van der Waals surface area contributed by atoms with Crippen LogP contribution in [-0.4, -0.2) is 23.3 Å². The zero-order chi connectivity index (χ0) is 32.9. The number of carboxylic acid groups (broad SMARTS) is 1. The average Bonchev–Trinajstić information content (AvgIpc) is 2.99. The maximum Gasteiger partial charge on any atom is 0.411 e. The predicted molar refractivity (Wildman–Crippen MR) is 185 cm³/mol. The second-order valence-corrected chi connectivity index (χ2v) is 18.1. The molecule has 0 radical (unpaired) electrons. The number of ether oxygens (including phenoxy) is 1. The number of hydrogen-bond donors (Lipinski definition) is 2. The number of amides is 1. The normalized spacial score (nSPS) is 40.7. The van der Waals surface area contributed by atoms with Crippen LogP contribution in [0.3, 0.4) is 0 Å². The molecule has 1 amide bonds. The zero-order valence-electron chi connectivity index (χ0n) is 29.2. The molecule has 5 heteroatoms. The largest absolute Gasteiger partial charge is 0.481 e. The quantitative estimate of drug-likeness (QED) is 0.333. The van der Waals surface area contributed by atoms with E-state index in [1.54, 1.807) is 0 Å². The van der Waals surface area contributed by atoms with E-state index in [0.29, 0.717) is 11.8 Å². The van der Waals surface area contributed by atoms with Crippen molar-refractivity contribution in [3.05, 3.63) is 54.1 Å². The number of benzene rings is 2. The number of allylic oxidation sites excluding steroid dienone is 2. The van der Waals surface area contributed by atoms with Crippen LogP contribution in [0, 0.1) is 50.2 Å². The number of carbonyl (C=O) groups excluding carboxylic acids is 1. The summed E-state index contributed by atoms with van der Waals surface area (Å²) in [4.78, 5) is 26.4. The first-order valence-electron chi connectivity index (χ1n) is 18.0. The van der Waals surface area contributed by atoms with E-state index in [2.05, 4.69) is 72.0 Å². The minimum absolute atomic E-state index is 0.0107. The van der Waals surface area contributed by atoms with Gasteiger partial charge in [0, 0.05) is 10.8 Å². The summed E-state index contributed by atoms with van der Waals surface area (Å²) in [6.07, 6.45) is 11.8. The third kappa shape index (κ3) is 4.38. The number of fused-ring (bicyclic) bond motifs is 8. The summed E-state index contributed by atoms with van der Waals surface area (Å²) in [6.45, 7) is 17.0. The van der Waals surface area contributed by atoms with Gasteiger partial charge in [0.25, 0.3) is 0 Å². The van der Waals surface area contributed by atoms with Crippen LogP contribution in [0.5, 0.6) is 0 Å². The molecule has 0 unspecified atom stereocenters. The van der Waals surface area contributed by atoms with Gasteiger partial charge in [0.1, 0.15) is 6.10 Å². The lowest BCUT2D eigenvalue weighted by Crippen LogP contribution is -2.65. The number of carboxylic acids is 1. The van der Waals surface area contributed by atoms with Crippen molar-refractivity contribution in [2.75, 3.05) is 5.32 Å². The predicted octanol–water partition coefficient (Wildman–Crippen LogP) is 10.6. The number of carbonyl (C=O) groups is 2. The molecule has 7 rings (SSSR count). The molecule has 2 aromatic rings. The van der Waals surface area contributed by atoms with Crippen LogP contribution in [0.4, 0.5) is 10.5 Å². The van der Waals surface area contributed by atoms with E-state index in [1.165, 1.54) is 5.57 Å². The van der Waals surface area contributed by atoms with Gasteiger partial charge in [-0.3, -0.25) is 10.1 Å². The molecule has 5 aliphatic carbocycles. The van der Waals surface area contributed by atoms with Crippen molar-refractivity contribution in [1.29, 1.82) is 0 Å². The van der Waals surface area contributed by atoms with Gasteiger partial charge in [-0.2, -0.15) is 0 Å². The maximum absolute atomic E-state index is 13.4. The van der Waals surface area contributed by atoms with Crippen LogP contribution in [0.15, 0.2) is 54.1 Å². The standard InChI is InChI=1S/C41H55NO4/c1-36(2)21-23-41(34(43)44)24-22-39(6)28(29(41)25-36)15-16-32-38(5)19-18-33(37(3,4)31(38)17-20-40(32,39)7)46-35(45)42-30-14-10-12-26-11-8-9-13-27(26)30/h8-15,29,31-33H,16-25H2,1-7H3,(H,42,45)(H,43,44)/t29-,31-,32+,33-,38-,39+,40+,41-/m0/s1. The van der Waals surface area contributed by atoms with Crippen LogP contribution in [-0.2, 0) is 9.53 Å². The third-order valence-electron chi connectivity index (χ3n) is 15.3. The van der Waals surface area contributed by atoms with E-state index in [9.17, 15) is 14.7 Å². The molecule has 2 N–H and O–H groups in total. The third-order valence-corrected chi connectivity index (χ3v) is 15.3. The maximum atomic E-state index is 13.4. The summed E-state index contributed by atoms with van der Waals surface area (Å²) in [7, 11) is 0. The monoisotopic (exact) mass is 625 g/mol. The second-order valence-electron chi connectivity index (χ2n) is 18.1. The Kier molecular flexibility index (Phi) is 7.14. The van der Waals surface area contributed by atoms with E-state index in [4.69, 9.17) is 4.74 Å². The highest BCUT2D eigenvalue weighted by Crippen LogP contribution is 2.75. The van der Waals surface area contributed by atoms with Crippen LogP contribution < -0.4 is 5.32 Å². The molecule has 4 saturated carbocycles. The lowest BCUT2D eigenvalue weighted by Gasteiger charge is -2.71. The minimum Gasteiger partial charge on any atom is -0.481 e. The van der Waals surface area contributed by atoms with Gasteiger partial charge in [0.2, 0.25) is 0 Å². The Labute approximate surface area is 275 Å². The first-order valence-corrected chi connectivity index (χ1v) is 18.0. The zero-order valence-corrected chi connectivity index (χ0v) is 29.2. The fourth-order valence-corrected chi connectivity index (χ4v) is 12.4. The second kappa shape index (κ2) is 10.3. The number of anilines is 1. The first kappa shape index (κ1) is 31.8. The minimum atomic E-state index is -0.602.